The standard InChI is InChI=1S/C12H14N2O3S2/c15-19(16,14-8-11-2-1-7-17-11)12-5-3-10(4-6-12)13-9-18/h3-6,11,14H,1-2,7-8H2/t11-/m0/s1. The van der Waals surface area contributed by atoms with Crippen molar-refractivity contribution in [2.45, 2.75) is 23.8 Å². The fourth-order valence-electron chi connectivity index (χ4n) is 1.84. The molecule has 1 N–H and O–H groups in total. The molecule has 0 radical (unpaired) electrons. The fourth-order valence-corrected chi connectivity index (χ4v) is 3.02. The van der Waals surface area contributed by atoms with Crippen molar-refractivity contribution in [2.24, 2.45) is 4.99 Å². The summed E-state index contributed by atoms with van der Waals surface area (Å²) < 4.78 is 32.0. The molecule has 1 heterocycles. The van der Waals surface area contributed by atoms with Crippen molar-refractivity contribution in [3.8, 4) is 0 Å². The van der Waals surface area contributed by atoms with Gasteiger partial charge in [0.1, 0.15) is 0 Å². The molecule has 19 heavy (non-hydrogen) atoms. The van der Waals surface area contributed by atoms with Gasteiger partial charge in [0.2, 0.25) is 10.0 Å². The third-order valence-corrected chi connectivity index (χ3v) is 4.38. The summed E-state index contributed by atoms with van der Waals surface area (Å²) in [6.07, 6.45) is 1.86. The zero-order chi connectivity index (χ0) is 13.7. The Labute approximate surface area is 117 Å². The first-order chi connectivity index (χ1) is 9.12. The van der Waals surface area contributed by atoms with Crippen LogP contribution >= 0.6 is 12.2 Å². The molecule has 0 unspecified atom stereocenters. The van der Waals surface area contributed by atoms with Crippen molar-refractivity contribution in [1.29, 1.82) is 0 Å². The minimum absolute atomic E-state index is 0.0199. The highest BCUT2D eigenvalue weighted by Crippen LogP contribution is 2.17. The van der Waals surface area contributed by atoms with Gasteiger partial charge in [-0.05, 0) is 49.3 Å². The number of ether oxygens (including phenoxy) is 1. The van der Waals surface area contributed by atoms with Gasteiger partial charge < -0.3 is 4.74 Å². The van der Waals surface area contributed by atoms with E-state index in [2.05, 4.69) is 27.1 Å². The number of hydrogen-bond acceptors (Lipinski definition) is 5. The van der Waals surface area contributed by atoms with Gasteiger partial charge >= 0.3 is 0 Å². The highest BCUT2D eigenvalue weighted by atomic mass is 32.2. The van der Waals surface area contributed by atoms with Gasteiger partial charge in [0, 0.05) is 13.2 Å². The summed E-state index contributed by atoms with van der Waals surface area (Å²) >= 11 is 4.48. The zero-order valence-electron chi connectivity index (χ0n) is 10.2. The largest absolute Gasteiger partial charge is 0.377 e. The van der Waals surface area contributed by atoms with Crippen LogP contribution in [0.2, 0.25) is 0 Å². The Morgan fingerprint density at radius 3 is 2.74 bits per heavy atom. The lowest BCUT2D eigenvalue weighted by Crippen LogP contribution is -2.31. The lowest BCUT2D eigenvalue weighted by molar-refractivity contribution is 0.114. The van der Waals surface area contributed by atoms with Crippen LogP contribution in [0.5, 0.6) is 0 Å². The molecule has 0 spiro atoms. The van der Waals surface area contributed by atoms with Crippen LogP contribution in [0, 0.1) is 0 Å². The van der Waals surface area contributed by atoms with Crippen molar-refractivity contribution in [2.75, 3.05) is 13.2 Å². The Hall–Kier alpha value is -1.11. The number of aliphatic imine (C=N–C) groups is 1. The molecular weight excluding hydrogens is 284 g/mol. The molecule has 1 aromatic carbocycles. The van der Waals surface area contributed by atoms with Crippen LogP contribution in [0.4, 0.5) is 5.69 Å². The van der Waals surface area contributed by atoms with E-state index >= 15 is 0 Å². The van der Waals surface area contributed by atoms with Crippen LogP contribution in [0.15, 0.2) is 34.2 Å². The lowest BCUT2D eigenvalue weighted by Gasteiger charge is -2.11. The normalized spacial score (nSPS) is 19.1. The summed E-state index contributed by atoms with van der Waals surface area (Å²) in [4.78, 5) is 3.97. The third-order valence-electron chi connectivity index (χ3n) is 2.85. The average Bonchev–Trinajstić information content (AvgIpc) is 2.91. The van der Waals surface area contributed by atoms with E-state index in [0.717, 1.165) is 12.8 Å². The maximum Gasteiger partial charge on any atom is 0.240 e. The molecule has 102 valence electrons. The van der Waals surface area contributed by atoms with Crippen LogP contribution in [-0.2, 0) is 14.8 Å². The van der Waals surface area contributed by atoms with Crippen LogP contribution in [-0.4, -0.2) is 32.8 Å². The molecule has 0 saturated carbocycles. The van der Waals surface area contributed by atoms with Gasteiger partial charge in [-0.15, -0.1) is 0 Å². The van der Waals surface area contributed by atoms with Crippen LogP contribution in [0.3, 0.4) is 0 Å². The first kappa shape index (κ1) is 14.3. The second-order valence-electron chi connectivity index (χ2n) is 4.18. The molecule has 1 atom stereocenters. The van der Waals surface area contributed by atoms with Crippen molar-refractivity contribution in [3.05, 3.63) is 24.3 Å². The van der Waals surface area contributed by atoms with Gasteiger partial charge in [0.05, 0.1) is 21.8 Å². The Bertz CT molecular complexity index is 571. The van der Waals surface area contributed by atoms with Crippen molar-refractivity contribution in [3.63, 3.8) is 0 Å². The number of sulfonamides is 1. The number of isothiocyanates is 1. The summed E-state index contributed by atoms with van der Waals surface area (Å²) in [6.45, 7) is 1.01. The van der Waals surface area contributed by atoms with E-state index < -0.39 is 10.0 Å². The highest BCUT2D eigenvalue weighted by Gasteiger charge is 2.20. The Balaban J connectivity index is 2.03. The number of nitrogens with one attached hydrogen (secondary N) is 1. The highest BCUT2D eigenvalue weighted by molar-refractivity contribution is 7.89. The molecule has 5 nitrogen and oxygen atoms in total. The minimum Gasteiger partial charge on any atom is -0.377 e. The van der Waals surface area contributed by atoms with E-state index in [1.807, 2.05) is 0 Å². The van der Waals surface area contributed by atoms with Crippen LogP contribution in [0.1, 0.15) is 12.8 Å². The first-order valence-corrected chi connectivity index (χ1v) is 7.80. The SMILES string of the molecule is O=S(=O)(NC[C@@H]1CCCO1)c1ccc(N=C=S)cc1. The molecule has 0 aliphatic carbocycles. The smallest absolute Gasteiger partial charge is 0.240 e. The van der Waals surface area contributed by atoms with Gasteiger partial charge in [0.15, 0.2) is 0 Å². The molecule has 1 aliphatic rings. The van der Waals surface area contributed by atoms with Crippen molar-refractivity contribution < 1.29 is 13.2 Å². The summed E-state index contributed by atoms with van der Waals surface area (Å²) in [7, 11) is -3.50. The van der Waals surface area contributed by atoms with Crippen LogP contribution in [0.25, 0.3) is 0 Å². The van der Waals surface area contributed by atoms with E-state index in [9.17, 15) is 8.42 Å². The lowest BCUT2D eigenvalue weighted by atomic mass is 10.2. The Kier molecular flexibility index (Phi) is 4.79. The molecule has 2 rings (SSSR count). The molecule has 1 aromatic rings. The molecule has 0 aromatic heterocycles. The monoisotopic (exact) mass is 298 g/mol. The van der Waals surface area contributed by atoms with E-state index in [1.54, 1.807) is 12.1 Å². The van der Waals surface area contributed by atoms with Crippen molar-refractivity contribution in [1.82, 2.24) is 4.72 Å². The van der Waals surface area contributed by atoms with Gasteiger partial charge in [-0.25, -0.2) is 13.1 Å². The Morgan fingerprint density at radius 2 is 2.16 bits per heavy atom. The predicted molar refractivity (Wildman–Crippen MR) is 75.3 cm³/mol. The second-order valence-corrected chi connectivity index (χ2v) is 6.13. The quantitative estimate of drug-likeness (QED) is 0.666. The molecule has 1 fully saturated rings. The molecule has 0 amide bonds. The summed E-state index contributed by atoms with van der Waals surface area (Å²) in [5.74, 6) is 0. The predicted octanol–water partition coefficient (Wildman–Crippen LogP) is 1.88. The van der Waals surface area contributed by atoms with Crippen LogP contribution < -0.4 is 4.72 Å². The number of benzene rings is 1. The van der Waals surface area contributed by atoms with E-state index in [4.69, 9.17) is 4.74 Å². The van der Waals surface area contributed by atoms with E-state index in [-0.39, 0.29) is 11.0 Å². The van der Waals surface area contributed by atoms with E-state index in [0.29, 0.717) is 18.8 Å². The number of hydrogen-bond donors (Lipinski definition) is 1. The maximum atomic E-state index is 12.0. The van der Waals surface area contributed by atoms with Crippen molar-refractivity contribution >= 4 is 33.1 Å². The van der Waals surface area contributed by atoms with E-state index in [1.165, 1.54) is 12.1 Å². The first-order valence-electron chi connectivity index (χ1n) is 5.91. The average molecular weight is 298 g/mol. The number of nitrogens with zero attached hydrogens (tertiary/aromatic N) is 1. The van der Waals surface area contributed by atoms with Gasteiger partial charge in [-0.1, -0.05) is 0 Å². The fraction of sp³-hybridized carbons (Fsp3) is 0.417. The van der Waals surface area contributed by atoms with Gasteiger partial charge in [-0.2, -0.15) is 4.99 Å². The minimum atomic E-state index is -3.50. The maximum absolute atomic E-state index is 12.0. The number of thiocarbonyl (C=S) groups is 1. The summed E-state index contributed by atoms with van der Waals surface area (Å²) in [5.41, 5.74) is 0.577. The zero-order valence-corrected chi connectivity index (χ0v) is 11.8. The number of rotatable bonds is 5. The van der Waals surface area contributed by atoms with Gasteiger partial charge in [-0.3, -0.25) is 0 Å². The molecule has 7 heteroatoms. The molecular formula is C12H14N2O3S2. The second kappa shape index (κ2) is 6.36. The molecule has 0 bridgehead atoms. The van der Waals surface area contributed by atoms with Gasteiger partial charge in [0.25, 0.3) is 0 Å². The molecule has 1 aliphatic heterocycles. The summed E-state index contributed by atoms with van der Waals surface area (Å²) in [5, 5.41) is 2.23. The molecule has 1 saturated heterocycles. The Morgan fingerprint density at radius 1 is 1.42 bits per heavy atom. The third kappa shape index (κ3) is 3.92. The topological polar surface area (TPSA) is 67.8 Å². The summed E-state index contributed by atoms with van der Waals surface area (Å²) in [6, 6.07) is 6.15.